The van der Waals surface area contributed by atoms with Gasteiger partial charge in [0.05, 0.1) is 6.26 Å². The van der Waals surface area contributed by atoms with Gasteiger partial charge in [0.2, 0.25) is 0 Å². The number of hydrogen-bond donors (Lipinski definition) is 0. The summed E-state index contributed by atoms with van der Waals surface area (Å²) in [7, 11) is 0. The molecule has 3 heteroatoms. The zero-order valence-electron chi connectivity index (χ0n) is 7.44. The van der Waals surface area contributed by atoms with Gasteiger partial charge in [-0.15, -0.1) is 0 Å². The third-order valence-corrected chi connectivity index (χ3v) is 2.85. The van der Waals surface area contributed by atoms with Crippen molar-refractivity contribution in [3.63, 3.8) is 0 Å². The lowest BCUT2D eigenvalue weighted by atomic mass is 9.93. The average Bonchev–Trinajstić information content (AvgIpc) is 2.68. The van der Waals surface area contributed by atoms with Crippen LogP contribution in [0.3, 0.4) is 0 Å². The minimum atomic E-state index is -0.791. The van der Waals surface area contributed by atoms with Gasteiger partial charge in [-0.05, 0) is 18.2 Å². The van der Waals surface area contributed by atoms with Crippen molar-refractivity contribution in [3.8, 4) is 0 Å². The Balaban J connectivity index is 2.37. The Bertz CT molecular complexity index is 359. The zero-order valence-corrected chi connectivity index (χ0v) is 9.03. The molecule has 0 N–H and O–H groups in total. The van der Waals surface area contributed by atoms with E-state index in [4.69, 9.17) is 4.74 Å². The van der Waals surface area contributed by atoms with E-state index < -0.39 is 5.60 Å². The van der Waals surface area contributed by atoms with Gasteiger partial charge in [0.25, 0.3) is 0 Å². The number of ether oxygens (including phenoxy) is 1. The van der Waals surface area contributed by atoms with Crippen molar-refractivity contribution < 1.29 is 9.53 Å². The van der Waals surface area contributed by atoms with Crippen molar-refractivity contribution in [2.75, 3.05) is 0 Å². The first-order valence-electron chi connectivity index (χ1n) is 4.32. The van der Waals surface area contributed by atoms with Gasteiger partial charge >= 0.3 is 0 Å². The molecule has 0 spiro atoms. The molecule has 0 aliphatic carbocycles. The van der Waals surface area contributed by atoms with Gasteiger partial charge in [0, 0.05) is 16.5 Å². The van der Waals surface area contributed by atoms with E-state index in [2.05, 4.69) is 15.9 Å². The van der Waals surface area contributed by atoms with Gasteiger partial charge in [-0.25, -0.2) is 0 Å². The van der Waals surface area contributed by atoms with Crippen molar-refractivity contribution in [2.45, 2.75) is 12.0 Å². The van der Waals surface area contributed by atoms with E-state index in [1.54, 1.807) is 6.26 Å². The summed E-state index contributed by atoms with van der Waals surface area (Å²) in [6.45, 7) is 0. The second-order valence-electron chi connectivity index (χ2n) is 3.21. The molecule has 2 rings (SSSR count). The third-order valence-electron chi connectivity index (χ3n) is 2.32. The van der Waals surface area contributed by atoms with E-state index >= 15 is 0 Å². The molecule has 0 saturated carbocycles. The smallest absolute Gasteiger partial charge is 0.191 e. The van der Waals surface area contributed by atoms with Crippen molar-refractivity contribution >= 4 is 22.2 Å². The van der Waals surface area contributed by atoms with E-state index in [1.165, 1.54) is 0 Å². The first-order chi connectivity index (χ1) is 6.77. The monoisotopic (exact) mass is 252 g/mol. The van der Waals surface area contributed by atoms with Crippen LogP contribution in [-0.2, 0) is 15.1 Å². The Morgan fingerprint density at radius 1 is 1.36 bits per heavy atom. The molecule has 72 valence electrons. The van der Waals surface area contributed by atoms with Crippen LogP contribution in [0.4, 0.5) is 0 Å². The lowest BCUT2D eigenvalue weighted by molar-refractivity contribution is -0.123. The quantitative estimate of drug-likeness (QED) is 0.757. The molecule has 1 aliphatic rings. The molecule has 0 aromatic heterocycles. The van der Waals surface area contributed by atoms with Gasteiger partial charge in [-0.1, -0.05) is 28.1 Å². The van der Waals surface area contributed by atoms with Gasteiger partial charge in [0.1, 0.15) is 0 Å². The fourth-order valence-corrected chi connectivity index (χ4v) is 1.77. The lowest BCUT2D eigenvalue weighted by Gasteiger charge is -2.22. The molecule has 1 aromatic rings. The summed E-state index contributed by atoms with van der Waals surface area (Å²) in [5.41, 5.74) is 0.0986. The van der Waals surface area contributed by atoms with E-state index in [0.717, 1.165) is 16.3 Å². The minimum absolute atomic E-state index is 0.609. The maximum Gasteiger partial charge on any atom is 0.191 e. The van der Waals surface area contributed by atoms with E-state index in [1.807, 2.05) is 30.3 Å². The molecule has 1 unspecified atom stereocenters. The summed E-state index contributed by atoms with van der Waals surface area (Å²) in [6, 6.07) is 7.60. The Morgan fingerprint density at radius 2 is 2.07 bits per heavy atom. The van der Waals surface area contributed by atoms with E-state index in [9.17, 15) is 4.79 Å². The highest BCUT2D eigenvalue weighted by atomic mass is 79.9. The first-order valence-corrected chi connectivity index (χ1v) is 5.11. The molecule has 1 aromatic carbocycles. The predicted octanol–water partition coefficient (Wildman–Crippen LogP) is 2.78. The molecule has 0 radical (unpaired) electrons. The van der Waals surface area contributed by atoms with E-state index in [-0.39, 0.29) is 0 Å². The SMILES string of the molecule is O=CC1(c2ccc(Br)cc2)CC=CO1. The normalized spacial score (nSPS) is 24.6. The summed E-state index contributed by atoms with van der Waals surface area (Å²) >= 11 is 3.35. The number of benzene rings is 1. The largest absolute Gasteiger partial charge is 0.483 e. The number of carbonyl (C=O) groups is 1. The van der Waals surface area contributed by atoms with Crippen LogP contribution in [0.5, 0.6) is 0 Å². The van der Waals surface area contributed by atoms with Crippen LogP contribution in [0.15, 0.2) is 41.1 Å². The molecule has 14 heavy (non-hydrogen) atoms. The number of aldehydes is 1. The second kappa shape index (κ2) is 3.58. The lowest BCUT2D eigenvalue weighted by Crippen LogP contribution is -2.26. The Hall–Kier alpha value is -1.09. The van der Waals surface area contributed by atoms with Crippen LogP contribution in [0.2, 0.25) is 0 Å². The summed E-state index contributed by atoms with van der Waals surface area (Å²) in [5, 5.41) is 0. The Morgan fingerprint density at radius 3 is 2.57 bits per heavy atom. The second-order valence-corrected chi connectivity index (χ2v) is 4.12. The number of carbonyl (C=O) groups excluding carboxylic acids is 1. The molecule has 2 nitrogen and oxygen atoms in total. The van der Waals surface area contributed by atoms with Crippen molar-refractivity contribution in [3.05, 3.63) is 46.6 Å². The van der Waals surface area contributed by atoms with Crippen LogP contribution in [0.25, 0.3) is 0 Å². The summed E-state index contributed by atoms with van der Waals surface area (Å²) < 4.78 is 6.35. The van der Waals surface area contributed by atoms with E-state index in [0.29, 0.717) is 6.42 Å². The van der Waals surface area contributed by atoms with Gasteiger partial charge < -0.3 is 4.74 Å². The van der Waals surface area contributed by atoms with Crippen LogP contribution in [0.1, 0.15) is 12.0 Å². The van der Waals surface area contributed by atoms with Crippen molar-refractivity contribution in [1.29, 1.82) is 0 Å². The predicted molar refractivity (Wildman–Crippen MR) is 56.7 cm³/mol. The molecule has 1 atom stereocenters. The van der Waals surface area contributed by atoms with Crippen molar-refractivity contribution in [2.24, 2.45) is 0 Å². The van der Waals surface area contributed by atoms with Gasteiger partial charge in [-0.3, -0.25) is 4.79 Å². The topological polar surface area (TPSA) is 26.3 Å². The first kappa shape index (κ1) is 9.46. The van der Waals surface area contributed by atoms with Crippen LogP contribution >= 0.6 is 15.9 Å². The van der Waals surface area contributed by atoms with Gasteiger partial charge in [0.15, 0.2) is 11.9 Å². The average molecular weight is 253 g/mol. The maximum atomic E-state index is 11.0. The maximum absolute atomic E-state index is 11.0. The van der Waals surface area contributed by atoms with Crippen LogP contribution in [0, 0.1) is 0 Å². The summed E-state index contributed by atoms with van der Waals surface area (Å²) in [6.07, 6.45) is 4.90. The number of halogens is 1. The number of rotatable bonds is 2. The standard InChI is InChI=1S/C11H9BrO2/c12-10-4-2-9(3-5-10)11(8-13)6-1-7-14-11/h1-5,7-8H,6H2. The molecule has 0 saturated heterocycles. The molecule has 0 amide bonds. The molecule has 0 fully saturated rings. The number of hydrogen-bond acceptors (Lipinski definition) is 2. The van der Waals surface area contributed by atoms with Crippen LogP contribution in [-0.4, -0.2) is 6.29 Å². The highest BCUT2D eigenvalue weighted by Crippen LogP contribution is 2.33. The highest BCUT2D eigenvalue weighted by molar-refractivity contribution is 9.10. The molecular weight excluding hydrogens is 244 g/mol. The minimum Gasteiger partial charge on any atom is -0.483 e. The molecule has 1 aliphatic heterocycles. The summed E-state index contributed by atoms with van der Waals surface area (Å²) in [5.74, 6) is 0. The fourth-order valence-electron chi connectivity index (χ4n) is 1.50. The molecule has 1 heterocycles. The van der Waals surface area contributed by atoms with Crippen molar-refractivity contribution in [1.82, 2.24) is 0 Å². The Kier molecular flexibility index (Phi) is 2.42. The Labute approximate surface area is 90.7 Å². The fraction of sp³-hybridized carbons (Fsp3) is 0.182. The van der Waals surface area contributed by atoms with Gasteiger partial charge in [-0.2, -0.15) is 0 Å². The third kappa shape index (κ3) is 1.48. The molecular formula is C11H9BrO2. The highest BCUT2D eigenvalue weighted by Gasteiger charge is 2.34. The summed E-state index contributed by atoms with van der Waals surface area (Å²) in [4.78, 5) is 11.0. The van der Waals surface area contributed by atoms with Crippen LogP contribution < -0.4 is 0 Å². The molecule has 0 bridgehead atoms. The zero-order chi connectivity index (χ0) is 10.0.